The molecule has 0 bridgehead atoms. The van der Waals surface area contributed by atoms with E-state index in [0.29, 0.717) is 11.3 Å². The molecule has 0 spiro atoms. The van der Waals surface area contributed by atoms with Crippen LogP contribution in [0.25, 0.3) is 0 Å². The average Bonchev–Trinajstić information content (AvgIpc) is 3.29. The molecule has 1 aliphatic heterocycles. The number of nitrogens with zero attached hydrogens (tertiary/aromatic N) is 4. The number of amides is 2. The first-order valence-electron chi connectivity index (χ1n) is 13.7. The molecule has 2 heterocycles. The van der Waals surface area contributed by atoms with Crippen molar-refractivity contribution in [1.82, 2.24) is 15.2 Å². The third-order valence-electron chi connectivity index (χ3n) is 7.89. The van der Waals surface area contributed by atoms with Gasteiger partial charge in [0.2, 0.25) is 11.8 Å². The van der Waals surface area contributed by atoms with Crippen LogP contribution >= 0.6 is 0 Å². The van der Waals surface area contributed by atoms with Crippen molar-refractivity contribution >= 4 is 17.5 Å². The summed E-state index contributed by atoms with van der Waals surface area (Å²) in [7, 11) is 0. The summed E-state index contributed by atoms with van der Waals surface area (Å²) in [5.41, 5.74) is 2.52. The van der Waals surface area contributed by atoms with Gasteiger partial charge in [-0.15, -0.1) is 0 Å². The summed E-state index contributed by atoms with van der Waals surface area (Å²) in [5.74, 6) is -3.77. The largest absolute Gasteiger partial charge is 0.391 e. The molecule has 0 radical (unpaired) electrons. The van der Waals surface area contributed by atoms with E-state index in [4.69, 9.17) is 0 Å². The molecule has 1 unspecified atom stereocenters. The minimum atomic E-state index is -2.75. The number of hydrogen-bond donors (Lipinski definition) is 2. The van der Waals surface area contributed by atoms with Gasteiger partial charge in [0, 0.05) is 48.9 Å². The normalized spacial score (nSPS) is 21.9. The molecular weight excluding hydrogens is 516 g/mol. The molecule has 40 heavy (non-hydrogen) atoms. The number of hydrogen-bond acceptors (Lipinski definition) is 6. The number of anilines is 1. The molecule has 214 valence electrons. The van der Waals surface area contributed by atoms with E-state index in [1.807, 2.05) is 25.2 Å². The molecule has 2 aliphatic rings. The average molecular weight is 554 g/mol. The van der Waals surface area contributed by atoms with Crippen LogP contribution in [0.3, 0.4) is 0 Å². The Kier molecular flexibility index (Phi) is 8.45. The Morgan fingerprint density at radius 2 is 1.85 bits per heavy atom. The fraction of sp³-hybridized carbons (Fsp3) is 0.533. The third-order valence-corrected chi connectivity index (χ3v) is 7.89. The van der Waals surface area contributed by atoms with Crippen molar-refractivity contribution in [2.45, 2.75) is 95.4 Å². The summed E-state index contributed by atoms with van der Waals surface area (Å²) in [5, 5.41) is 22.9. The zero-order valence-corrected chi connectivity index (χ0v) is 23.4. The fourth-order valence-corrected chi connectivity index (χ4v) is 5.47. The maximum Gasteiger partial charge on any atom is 0.251 e. The summed E-state index contributed by atoms with van der Waals surface area (Å²) in [6.07, 6.45) is 3.91. The first-order chi connectivity index (χ1) is 18.8. The number of alkyl halides is 2. The Balaban J connectivity index is 1.79. The van der Waals surface area contributed by atoms with Crippen molar-refractivity contribution < 1.29 is 23.5 Å². The molecule has 1 saturated heterocycles. The third kappa shape index (κ3) is 6.41. The number of β-amino-alcohol motifs (C(OH)–C–C–N with tert-alkyl or cyclic N) is 1. The summed E-state index contributed by atoms with van der Waals surface area (Å²) in [6, 6.07) is 6.47. The van der Waals surface area contributed by atoms with E-state index in [2.05, 4.69) is 31.1 Å². The van der Waals surface area contributed by atoms with E-state index in [-0.39, 0.29) is 44.1 Å². The highest BCUT2D eigenvalue weighted by atomic mass is 19.3. The highest BCUT2D eigenvalue weighted by Gasteiger charge is 2.44. The molecule has 2 fully saturated rings. The lowest BCUT2D eigenvalue weighted by molar-refractivity contribution is -0.129. The van der Waals surface area contributed by atoms with E-state index >= 15 is 0 Å². The van der Waals surface area contributed by atoms with Crippen LogP contribution in [0.2, 0.25) is 0 Å². The first kappa shape index (κ1) is 29.4. The Bertz CT molecular complexity index is 1260. The van der Waals surface area contributed by atoms with Crippen molar-refractivity contribution in [1.29, 1.82) is 5.26 Å². The minimum Gasteiger partial charge on any atom is -0.391 e. The molecule has 1 aliphatic carbocycles. The standard InChI is InChI=1S/C30H37F2N5O3/c1-19-11-14-34-16-24(19)26(27(39)35-21-9-12-30(31,32)13-10-21)37(22-7-5-20(6-8-22)29(2,3)4)28(40)25-15-23(38)17-36(25)18-33/h5-8,11,14,16,21,23,25-26,38H,9-10,12-13,15,17H2,1-4H3,(H,35,39)/t23-,25-,26?/m1/s1. The van der Waals surface area contributed by atoms with Gasteiger partial charge in [-0.2, -0.15) is 5.26 Å². The number of aryl methyl sites for hydroxylation is 1. The molecule has 10 heteroatoms. The number of carbonyl (C=O) groups is 2. The zero-order valence-electron chi connectivity index (χ0n) is 23.4. The quantitative estimate of drug-likeness (QED) is 0.514. The van der Waals surface area contributed by atoms with Crippen LogP contribution in [-0.2, 0) is 15.0 Å². The predicted octanol–water partition coefficient (Wildman–Crippen LogP) is 4.37. The monoisotopic (exact) mass is 553 g/mol. The molecule has 4 rings (SSSR count). The Morgan fingerprint density at radius 3 is 2.42 bits per heavy atom. The van der Waals surface area contributed by atoms with E-state index in [1.165, 1.54) is 16.0 Å². The van der Waals surface area contributed by atoms with Gasteiger partial charge in [-0.1, -0.05) is 32.9 Å². The van der Waals surface area contributed by atoms with Crippen molar-refractivity contribution in [3.8, 4) is 6.19 Å². The Hall–Kier alpha value is -3.58. The highest BCUT2D eigenvalue weighted by molar-refractivity contribution is 6.04. The van der Waals surface area contributed by atoms with Gasteiger partial charge >= 0.3 is 0 Å². The maximum atomic E-state index is 14.3. The van der Waals surface area contributed by atoms with Crippen LogP contribution < -0.4 is 10.2 Å². The van der Waals surface area contributed by atoms with Gasteiger partial charge in [0.1, 0.15) is 12.1 Å². The van der Waals surface area contributed by atoms with Crippen LogP contribution in [0.15, 0.2) is 42.7 Å². The molecule has 2 amide bonds. The van der Waals surface area contributed by atoms with Crippen molar-refractivity contribution in [3.63, 3.8) is 0 Å². The molecule has 2 N–H and O–H groups in total. The summed E-state index contributed by atoms with van der Waals surface area (Å²) < 4.78 is 27.6. The van der Waals surface area contributed by atoms with Crippen molar-refractivity contribution in [2.75, 3.05) is 11.4 Å². The van der Waals surface area contributed by atoms with Crippen molar-refractivity contribution in [3.05, 3.63) is 59.4 Å². The topological polar surface area (TPSA) is 110 Å². The number of rotatable bonds is 6. The smallest absolute Gasteiger partial charge is 0.251 e. The van der Waals surface area contributed by atoms with Gasteiger partial charge in [-0.05, 0) is 54.5 Å². The Morgan fingerprint density at radius 1 is 1.20 bits per heavy atom. The van der Waals surface area contributed by atoms with Crippen molar-refractivity contribution in [2.24, 2.45) is 0 Å². The lowest BCUT2D eigenvalue weighted by atomic mass is 9.87. The SMILES string of the molecule is Cc1ccncc1C(C(=O)NC1CCC(F)(F)CC1)N(C(=O)[C@H]1C[C@@H](O)CN1C#N)c1ccc(C(C)(C)C)cc1. The number of benzene rings is 1. The van der Waals surface area contributed by atoms with Gasteiger partial charge < -0.3 is 10.4 Å². The second-order valence-corrected chi connectivity index (χ2v) is 11.9. The number of halogens is 2. The van der Waals surface area contributed by atoms with Crippen LogP contribution in [0.5, 0.6) is 0 Å². The highest BCUT2D eigenvalue weighted by Crippen LogP contribution is 2.36. The Labute approximate surface area is 234 Å². The zero-order chi connectivity index (χ0) is 29.2. The van der Waals surface area contributed by atoms with Gasteiger partial charge in [0.15, 0.2) is 6.19 Å². The van der Waals surface area contributed by atoms with Crippen LogP contribution in [0, 0.1) is 18.4 Å². The van der Waals surface area contributed by atoms with Gasteiger partial charge in [-0.3, -0.25) is 24.4 Å². The predicted molar refractivity (Wildman–Crippen MR) is 146 cm³/mol. The number of aromatic nitrogens is 1. The molecule has 1 aromatic carbocycles. The minimum absolute atomic E-state index is 0.0166. The molecule has 8 nitrogen and oxygen atoms in total. The fourth-order valence-electron chi connectivity index (χ4n) is 5.47. The second-order valence-electron chi connectivity index (χ2n) is 11.9. The lowest BCUT2D eigenvalue weighted by Gasteiger charge is -2.36. The molecule has 1 aromatic heterocycles. The molecule has 1 saturated carbocycles. The van der Waals surface area contributed by atoms with Gasteiger partial charge in [0.05, 0.1) is 12.6 Å². The first-order valence-corrected chi connectivity index (χ1v) is 13.7. The number of carbonyl (C=O) groups excluding carboxylic acids is 2. The van der Waals surface area contributed by atoms with E-state index in [9.17, 15) is 28.7 Å². The van der Waals surface area contributed by atoms with Crippen LogP contribution in [-0.4, -0.2) is 57.5 Å². The lowest BCUT2D eigenvalue weighted by Crippen LogP contribution is -2.52. The second kappa shape index (κ2) is 11.5. The number of pyridine rings is 1. The van der Waals surface area contributed by atoms with Crippen LogP contribution in [0.4, 0.5) is 14.5 Å². The van der Waals surface area contributed by atoms with Gasteiger partial charge in [0.25, 0.3) is 5.91 Å². The maximum absolute atomic E-state index is 14.3. The molecular formula is C30H37F2N5O3. The molecule has 3 atom stereocenters. The van der Waals surface area contributed by atoms with E-state index in [0.717, 1.165) is 11.1 Å². The summed E-state index contributed by atoms with van der Waals surface area (Å²) in [4.78, 5) is 35.1. The molecule has 2 aromatic rings. The van der Waals surface area contributed by atoms with E-state index in [1.54, 1.807) is 24.4 Å². The van der Waals surface area contributed by atoms with Gasteiger partial charge in [-0.25, -0.2) is 8.78 Å². The number of aliphatic hydroxyl groups excluding tert-OH is 1. The van der Waals surface area contributed by atoms with Crippen LogP contribution in [0.1, 0.15) is 75.6 Å². The number of aliphatic hydroxyl groups is 1. The van der Waals surface area contributed by atoms with E-state index < -0.39 is 42.0 Å². The summed E-state index contributed by atoms with van der Waals surface area (Å²) in [6.45, 7) is 8.03. The summed E-state index contributed by atoms with van der Waals surface area (Å²) >= 11 is 0. The number of nitrogens with one attached hydrogen (secondary N) is 1. The number of likely N-dealkylation sites (tertiary alicyclic amines) is 1. The number of nitriles is 1.